The molecule has 4 aromatic rings. The third kappa shape index (κ3) is 3.80. The van der Waals surface area contributed by atoms with Crippen molar-refractivity contribution in [3.63, 3.8) is 0 Å². The lowest BCUT2D eigenvalue weighted by Gasteiger charge is -2.20. The predicted octanol–water partition coefficient (Wildman–Crippen LogP) is 5.08. The Kier molecular flexibility index (Phi) is 5.17. The van der Waals surface area contributed by atoms with Gasteiger partial charge in [-0.1, -0.05) is 53.8 Å². The quantitative estimate of drug-likeness (QED) is 0.479. The van der Waals surface area contributed by atoms with Gasteiger partial charge in [-0.05, 0) is 48.2 Å². The maximum atomic E-state index is 13.2. The molecule has 0 spiro atoms. The minimum absolute atomic E-state index is 0.0310. The zero-order chi connectivity index (χ0) is 19.5. The van der Waals surface area contributed by atoms with Gasteiger partial charge in [-0.25, -0.2) is 4.98 Å². The van der Waals surface area contributed by atoms with Gasteiger partial charge in [-0.2, -0.15) is 0 Å². The van der Waals surface area contributed by atoms with Gasteiger partial charge in [0.25, 0.3) is 0 Å². The first-order valence-corrected chi connectivity index (χ1v) is 10.0. The van der Waals surface area contributed by atoms with Crippen LogP contribution in [0.4, 0.5) is 5.13 Å². The summed E-state index contributed by atoms with van der Waals surface area (Å²) in [7, 11) is 0. The molecule has 0 saturated heterocycles. The van der Waals surface area contributed by atoms with Gasteiger partial charge < -0.3 is 0 Å². The second kappa shape index (κ2) is 7.90. The largest absolute Gasteiger partial charge is 0.283 e. The molecule has 4 rings (SSSR count). The smallest absolute Gasteiger partial charge is 0.233 e. The first-order valence-electron chi connectivity index (χ1n) is 9.22. The molecule has 140 valence electrons. The number of hydrogen-bond donors (Lipinski definition) is 0. The molecule has 2 heterocycles. The van der Waals surface area contributed by atoms with Crippen LogP contribution < -0.4 is 4.90 Å². The molecule has 1 amide bonds. The van der Waals surface area contributed by atoms with E-state index in [2.05, 4.69) is 31.0 Å². The van der Waals surface area contributed by atoms with Crippen molar-refractivity contribution in [3.05, 3.63) is 89.2 Å². The Morgan fingerprint density at radius 2 is 1.79 bits per heavy atom. The number of carbonyl (C=O) groups excluding carboxylic acids is 1. The summed E-state index contributed by atoms with van der Waals surface area (Å²) in [5, 5.41) is 0.730. The maximum absolute atomic E-state index is 13.2. The summed E-state index contributed by atoms with van der Waals surface area (Å²) in [6.45, 7) is 4.62. The minimum atomic E-state index is 0.0310. The van der Waals surface area contributed by atoms with Crippen molar-refractivity contribution in [2.75, 3.05) is 4.90 Å². The lowest BCUT2D eigenvalue weighted by Crippen LogP contribution is -2.31. The summed E-state index contributed by atoms with van der Waals surface area (Å²) in [6, 6.07) is 17.9. The predicted molar refractivity (Wildman–Crippen MR) is 115 cm³/mol. The number of benzene rings is 2. The first kappa shape index (κ1) is 18.3. The van der Waals surface area contributed by atoms with E-state index >= 15 is 0 Å². The third-order valence-corrected chi connectivity index (χ3v) is 5.91. The number of amides is 1. The van der Waals surface area contributed by atoms with Gasteiger partial charge in [0.05, 0.1) is 23.2 Å². The molecule has 2 aromatic heterocycles. The molecule has 0 bridgehead atoms. The fraction of sp³-hybridized carbons (Fsp3) is 0.174. The van der Waals surface area contributed by atoms with Gasteiger partial charge in [-0.15, -0.1) is 0 Å². The monoisotopic (exact) mass is 387 g/mol. The molecule has 0 N–H and O–H groups in total. The molecule has 2 aromatic carbocycles. The van der Waals surface area contributed by atoms with Crippen LogP contribution in [0.3, 0.4) is 0 Å². The number of nitrogens with zero attached hydrogens (tertiary/aromatic N) is 3. The van der Waals surface area contributed by atoms with Crippen LogP contribution in [-0.4, -0.2) is 15.9 Å². The molecule has 0 fully saturated rings. The lowest BCUT2D eigenvalue weighted by atomic mass is 10.1. The van der Waals surface area contributed by atoms with E-state index in [0.717, 1.165) is 32.0 Å². The molecule has 0 aliphatic carbocycles. The topological polar surface area (TPSA) is 46.1 Å². The maximum Gasteiger partial charge on any atom is 0.233 e. The number of carbonyl (C=O) groups is 1. The average molecular weight is 388 g/mol. The average Bonchev–Trinajstić information content (AvgIpc) is 3.15. The highest BCUT2D eigenvalue weighted by Crippen LogP contribution is 2.33. The Labute approximate surface area is 168 Å². The second-order valence-corrected chi connectivity index (χ2v) is 7.86. The molecule has 0 aliphatic heterocycles. The Balaban J connectivity index is 1.72. The van der Waals surface area contributed by atoms with Crippen LogP contribution in [0.15, 0.2) is 67.0 Å². The standard InChI is InChI=1S/C23H21N3OS/c1-16-10-11-20-22(17(16)2)25-23(28-20)26(15-19-9-6-12-24-14-19)21(27)13-18-7-4-3-5-8-18/h3-12,14H,13,15H2,1-2H3. The third-order valence-electron chi connectivity index (χ3n) is 4.87. The fourth-order valence-electron chi connectivity index (χ4n) is 3.13. The SMILES string of the molecule is Cc1ccc2sc(N(Cc3cccnc3)C(=O)Cc3ccccc3)nc2c1C. The number of thiazole rings is 1. The fourth-order valence-corrected chi connectivity index (χ4v) is 4.17. The Bertz CT molecular complexity index is 1110. The van der Waals surface area contributed by atoms with Gasteiger partial charge >= 0.3 is 0 Å². The van der Waals surface area contributed by atoms with Crippen LogP contribution in [-0.2, 0) is 17.8 Å². The molecule has 5 heteroatoms. The van der Waals surface area contributed by atoms with E-state index < -0.39 is 0 Å². The van der Waals surface area contributed by atoms with E-state index in [1.807, 2.05) is 42.5 Å². The van der Waals surface area contributed by atoms with Crippen LogP contribution in [0.25, 0.3) is 10.2 Å². The summed E-state index contributed by atoms with van der Waals surface area (Å²) < 4.78 is 1.10. The molecule has 4 nitrogen and oxygen atoms in total. The lowest BCUT2D eigenvalue weighted by molar-refractivity contribution is -0.118. The molecule has 28 heavy (non-hydrogen) atoms. The normalized spacial score (nSPS) is 10.9. The van der Waals surface area contributed by atoms with E-state index in [1.54, 1.807) is 28.6 Å². The van der Waals surface area contributed by atoms with Crippen molar-refractivity contribution in [1.29, 1.82) is 0 Å². The first-order chi connectivity index (χ1) is 13.6. The summed E-state index contributed by atoms with van der Waals surface area (Å²) in [5.74, 6) is 0.0310. The number of fused-ring (bicyclic) bond motifs is 1. The van der Waals surface area contributed by atoms with Gasteiger partial charge in [0.1, 0.15) is 0 Å². The van der Waals surface area contributed by atoms with Gasteiger partial charge in [0.15, 0.2) is 5.13 Å². The highest BCUT2D eigenvalue weighted by molar-refractivity contribution is 7.22. The minimum Gasteiger partial charge on any atom is -0.283 e. The number of anilines is 1. The van der Waals surface area contributed by atoms with E-state index in [0.29, 0.717) is 13.0 Å². The number of aryl methyl sites for hydroxylation is 2. The summed E-state index contributed by atoms with van der Waals surface area (Å²) in [5.41, 5.74) is 5.33. The van der Waals surface area contributed by atoms with Gasteiger partial charge in [0.2, 0.25) is 5.91 Å². The highest BCUT2D eigenvalue weighted by Gasteiger charge is 2.21. The van der Waals surface area contributed by atoms with Crippen molar-refractivity contribution in [3.8, 4) is 0 Å². The molecule has 0 aliphatic rings. The molecular formula is C23H21N3OS. The molecule has 0 radical (unpaired) electrons. The van der Waals surface area contributed by atoms with Crippen molar-refractivity contribution >= 4 is 32.6 Å². The van der Waals surface area contributed by atoms with Crippen molar-refractivity contribution in [1.82, 2.24) is 9.97 Å². The Hall–Kier alpha value is -3.05. The van der Waals surface area contributed by atoms with E-state index in [-0.39, 0.29) is 5.91 Å². The summed E-state index contributed by atoms with van der Waals surface area (Å²) in [4.78, 5) is 24.0. The van der Waals surface area contributed by atoms with Crippen LogP contribution in [0, 0.1) is 13.8 Å². The highest BCUT2D eigenvalue weighted by atomic mass is 32.1. The Morgan fingerprint density at radius 3 is 2.54 bits per heavy atom. The molecule has 0 unspecified atom stereocenters. The molecule has 0 saturated carbocycles. The number of rotatable bonds is 5. The van der Waals surface area contributed by atoms with Crippen LogP contribution in [0.5, 0.6) is 0 Å². The molecule has 0 atom stereocenters. The number of hydrogen-bond acceptors (Lipinski definition) is 4. The Morgan fingerprint density at radius 1 is 1.00 bits per heavy atom. The van der Waals surface area contributed by atoms with Crippen LogP contribution >= 0.6 is 11.3 Å². The van der Waals surface area contributed by atoms with E-state index in [4.69, 9.17) is 4.98 Å². The summed E-state index contributed by atoms with van der Waals surface area (Å²) in [6.07, 6.45) is 3.88. The second-order valence-electron chi connectivity index (χ2n) is 6.85. The number of pyridine rings is 1. The van der Waals surface area contributed by atoms with Crippen molar-refractivity contribution in [2.24, 2.45) is 0 Å². The zero-order valence-electron chi connectivity index (χ0n) is 15.9. The van der Waals surface area contributed by atoms with Gasteiger partial charge in [0, 0.05) is 12.4 Å². The van der Waals surface area contributed by atoms with Crippen LogP contribution in [0.2, 0.25) is 0 Å². The van der Waals surface area contributed by atoms with E-state index in [9.17, 15) is 4.79 Å². The van der Waals surface area contributed by atoms with Crippen molar-refractivity contribution < 1.29 is 4.79 Å². The van der Waals surface area contributed by atoms with Crippen LogP contribution in [0.1, 0.15) is 22.3 Å². The van der Waals surface area contributed by atoms with Crippen molar-refractivity contribution in [2.45, 2.75) is 26.8 Å². The molecular weight excluding hydrogens is 366 g/mol. The number of aromatic nitrogens is 2. The van der Waals surface area contributed by atoms with E-state index in [1.165, 1.54) is 5.56 Å². The summed E-state index contributed by atoms with van der Waals surface area (Å²) >= 11 is 1.56. The van der Waals surface area contributed by atoms with Gasteiger partial charge in [-0.3, -0.25) is 14.7 Å². The zero-order valence-corrected chi connectivity index (χ0v) is 16.7.